The lowest BCUT2D eigenvalue weighted by molar-refractivity contribution is 0.657. The highest BCUT2D eigenvalue weighted by Crippen LogP contribution is 2.32. The molecule has 3 aromatic carbocycles. The Morgan fingerprint density at radius 3 is 1.32 bits per heavy atom. The van der Waals surface area contributed by atoms with Crippen molar-refractivity contribution in [3.05, 3.63) is 113 Å². The Morgan fingerprint density at radius 1 is 0.679 bits per heavy atom. The van der Waals surface area contributed by atoms with Crippen molar-refractivity contribution in [2.75, 3.05) is 0 Å². The van der Waals surface area contributed by atoms with Gasteiger partial charge in [-0.2, -0.15) is 4.39 Å². The highest BCUT2D eigenvalue weighted by Gasteiger charge is 2.14. The zero-order valence-corrected chi connectivity index (χ0v) is 17.4. The van der Waals surface area contributed by atoms with Crippen LogP contribution < -0.4 is 21.6 Å². The van der Waals surface area contributed by atoms with Gasteiger partial charge in [0.1, 0.15) is 0 Å². The molecule has 1 nitrogen and oxygen atoms in total. The van der Waals surface area contributed by atoms with Crippen LogP contribution >= 0.6 is 19.3 Å². The minimum atomic E-state index is -0.446. The van der Waals surface area contributed by atoms with E-state index >= 15 is 0 Å². The molecular formula is C24H23FNPS. The summed E-state index contributed by atoms with van der Waals surface area (Å²) in [4.78, 5) is 0.896. The molecule has 1 heterocycles. The maximum atomic E-state index is 12.3. The van der Waals surface area contributed by atoms with Crippen molar-refractivity contribution in [2.45, 2.75) is 13.0 Å². The maximum Gasteiger partial charge on any atom is 0.176 e. The van der Waals surface area contributed by atoms with E-state index in [0.29, 0.717) is 0 Å². The van der Waals surface area contributed by atoms with Crippen molar-refractivity contribution in [3.8, 4) is 0 Å². The molecular weight excluding hydrogens is 384 g/mol. The molecule has 1 atom stereocenters. The van der Waals surface area contributed by atoms with Crippen LogP contribution in [0.4, 0.5) is 4.39 Å². The third-order valence-corrected chi connectivity index (χ3v) is 7.60. The second kappa shape index (κ2) is 10.3. The standard InChI is InChI=1S/C18H15P.C6H8FNS/c1-4-10-16(11-5-1)19(17-12-6-2-7-13-17)18-14-8-3-9-15-18;1-4(8)5-2-3-6(7)9-5/h1-15H;2-4H,8H2,1H3. The number of benzene rings is 3. The Balaban J connectivity index is 0.000000211. The van der Waals surface area contributed by atoms with Crippen molar-refractivity contribution in [1.29, 1.82) is 0 Å². The molecule has 0 aliphatic heterocycles. The van der Waals surface area contributed by atoms with Gasteiger partial charge in [-0.05, 0) is 42.9 Å². The number of nitrogens with two attached hydrogens (primary N) is 1. The van der Waals surface area contributed by atoms with Crippen LogP contribution in [0.25, 0.3) is 0 Å². The first kappa shape index (κ1) is 20.4. The number of rotatable bonds is 4. The van der Waals surface area contributed by atoms with Gasteiger partial charge in [0.05, 0.1) is 0 Å². The maximum absolute atomic E-state index is 12.3. The quantitative estimate of drug-likeness (QED) is 0.453. The van der Waals surface area contributed by atoms with Gasteiger partial charge in [-0.25, -0.2) is 0 Å². The van der Waals surface area contributed by atoms with E-state index < -0.39 is 7.92 Å². The van der Waals surface area contributed by atoms with Crippen molar-refractivity contribution in [2.24, 2.45) is 5.73 Å². The molecule has 0 fully saturated rings. The zero-order chi connectivity index (χ0) is 19.8. The van der Waals surface area contributed by atoms with Crippen LogP contribution in [0.2, 0.25) is 0 Å². The molecule has 1 aromatic heterocycles. The largest absolute Gasteiger partial charge is 0.324 e. The molecule has 0 aliphatic rings. The fourth-order valence-electron chi connectivity index (χ4n) is 2.75. The monoisotopic (exact) mass is 407 g/mol. The first-order chi connectivity index (χ1) is 13.6. The van der Waals surface area contributed by atoms with E-state index in [9.17, 15) is 4.39 Å². The van der Waals surface area contributed by atoms with E-state index in [1.165, 1.54) is 22.0 Å². The van der Waals surface area contributed by atoms with Gasteiger partial charge >= 0.3 is 0 Å². The fourth-order valence-corrected chi connectivity index (χ4v) is 5.74. The third-order valence-electron chi connectivity index (χ3n) is 4.09. The van der Waals surface area contributed by atoms with E-state index in [4.69, 9.17) is 5.73 Å². The highest BCUT2D eigenvalue weighted by atomic mass is 32.1. The van der Waals surface area contributed by atoms with E-state index in [2.05, 4.69) is 91.0 Å². The fraction of sp³-hybridized carbons (Fsp3) is 0.0833. The van der Waals surface area contributed by atoms with Crippen LogP contribution in [0.1, 0.15) is 17.8 Å². The van der Waals surface area contributed by atoms with Crippen molar-refractivity contribution < 1.29 is 4.39 Å². The van der Waals surface area contributed by atoms with Crippen molar-refractivity contribution >= 4 is 35.2 Å². The van der Waals surface area contributed by atoms with Crippen LogP contribution in [-0.4, -0.2) is 0 Å². The number of hydrogen-bond acceptors (Lipinski definition) is 2. The van der Waals surface area contributed by atoms with Crippen LogP contribution in [0.3, 0.4) is 0 Å². The van der Waals surface area contributed by atoms with Crippen molar-refractivity contribution in [3.63, 3.8) is 0 Å². The Hall–Kier alpha value is -2.32. The van der Waals surface area contributed by atoms with Gasteiger partial charge < -0.3 is 5.73 Å². The second-order valence-corrected chi connectivity index (χ2v) is 9.56. The molecule has 0 saturated heterocycles. The number of thiophene rings is 1. The highest BCUT2D eigenvalue weighted by molar-refractivity contribution is 7.79. The lowest BCUT2D eigenvalue weighted by Crippen LogP contribution is -2.20. The molecule has 0 radical (unpaired) electrons. The number of halogens is 1. The van der Waals surface area contributed by atoms with Gasteiger partial charge in [0.15, 0.2) is 5.13 Å². The Morgan fingerprint density at radius 2 is 1.07 bits per heavy atom. The van der Waals surface area contributed by atoms with E-state index in [0.717, 1.165) is 16.2 Å². The summed E-state index contributed by atoms with van der Waals surface area (Å²) in [5.41, 5.74) is 5.47. The van der Waals surface area contributed by atoms with Crippen LogP contribution in [0.15, 0.2) is 103 Å². The summed E-state index contributed by atoms with van der Waals surface area (Å²) in [7, 11) is -0.446. The molecule has 4 rings (SSSR count). The lowest BCUT2D eigenvalue weighted by atomic mass is 10.3. The zero-order valence-electron chi connectivity index (χ0n) is 15.7. The van der Waals surface area contributed by atoms with E-state index in [-0.39, 0.29) is 11.2 Å². The molecule has 4 heteroatoms. The van der Waals surface area contributed by atoms with Crippen LogP contribution in [0.5, 0.6) is 0 Å². The molecule has 0 bridgehead atoms. The summed E-state index contributed by atoms with van der Waals surface area (Å²) in [6.07, 6.45) is 0. The number of hydrogen-bond donors (Lipinski definition) is 1. The third kappa shape index (κ3) is 5.59. The molecule has 4 aromatic rings. The molecule has 0 saturated carbocycles. The molecule has 0 amide bonds. The summed E-state index contributed by atoms with van der Waals surface area (Å²) >= 11 is 1.10. The second-order valence-electron chi connectivity index (χ2n) is 6.27. The summed E-state index contributed by atoms with van der Waals surface area (Å²) in [5, 5.41) is 4.03. The SMILES string of the molecule is CC(N)c1ccc(F)s1.c1ccc(P(c2ccccc2)c2ccccc2)cc1. The molecule has 2 N–H and O–H groups in total. The first-order valence-electron chi connectivity index (χ1n) is 9.11. The normalized spacial score (nSPS) is 11.6. The van der Waals surface area contributed by atoms with Gasteiger partial charge in [-0.15, -0.1) is 11.3 Å². The average Bonchev–Trinajstić information content (AvgIpc) is 3.18. The Kier molecular flexibility index (Phi) is 7.50. The Labute approximate surface area is 171 Å². The molecule has 142 valence electrons. The summed E-state index contributed by atoms with van der Waals surface area (Å²) < 4.78 is 12.3. The van der Waals surface area contributed by atoms with Crippen LogP contribution in [0, 0.1) is 5.13 Å². The first-order valence-corrected chi connectivity index (χ1v) is 11.3. The summed E-state index contributed by atoms with van der Waals surface area (Å²) in [6, 6.07) is 35.4. The molecule has 0 aliphatic carbocycles. The topological polar surface area (TPSA) is 26.0 Å². The predicted molar refractivity (Wildman–Crippen MR) is 122 cm³/mol. The molecule has 28 heavy (non-hydrogen) atoms. The van der Waals surface area contributed by atoms with Gasteiger partial charge in [0.25, 0.3) is 0 Å². The molecule has 1 unspecified atom stereocenters. The minimum Gasteiger partial charge on any atom is -0.324 e. The van der Waals surface area contributed by atoms with Gasteiger partial charge in [-0.1, -0.05) is 91.0 Å². The lowest BCUT2D eigenvalue weighted by Gasteiger charge is -2.18. The smallest absolute Gasteiger partial charge is 0.176 e. The van der Waals surface area contributed by atoms with Crippen LogP contribution in [-0.2, 0) is 0 Å². The minimum absolute atomic E-state index is 0.0421. The van der Waals surface area contributed by atoms with E-state index in [1.54, 1.807) is 6.07 Å². The predicted octanol–water partition coefficient (Wildman–Crippen LogP) is 5.35. The summed E-state index contributed by atoms with van der Waals surface area (Å²) in [5.74, 6) is 0. The van der Waals surface area contributed by atoms with E-state index in [1.807, 2.05) is 6.92 Å². The van der Waals surface area contributed by atoms with Crippen molar-refractivity contribution in [1.82, 2.24) is 0 Å². The van der Waals surface area contributed by atoms with Gasteiger partial charge in [-0.3, -0.25) is 0 Å². The average molecular weight is 407 g/mol. The van der Waals surface area contributed by atoms with Gasteiger partial charge in [0.2, 0.25) is 0 Å². The molecule has 0 spiro atoms. The Bertz CT molecular complexity index is 862. The van der Waals surface area contributed by atoms with Gasteiger partial charge in [0, 0.05) is 10.9 Å². The summed E-state index contributed by atoms with van der Waals surface area (Å²) in [6.45, 7) is 1.84.